The molecule has 2 aliphatic rings. The van der Waals surface area contributed by atoms with Crippen LogP contribution in [0.2, 0.25) is 0 Å². The van der Waals surface area contributed by atoms with Gasteiger partial charge in [0, 0.05) is 59.9 Å². The Labute approximate surface area is 198 Å². The van der Waals surface area contributed by atoms with Crippen molar-refractivity contribution in [2.24, 2.45) is 0 Å². The van der Waals surface area contributed by atoms with Crippen molar-refractivity contribution >= 4 is 38.6 Å². The zero-order valence-electron chi connectivity index (χ0n) is 19.0. The summed E-state index contributed by atoms with van der Waals surface area (Å²) >= 11 is 3.59. The van der Waals surface area contributed by atoms with Gasteiger partial charge in [0.05, 0.1) is 5.69 Å². The Morgan fingerprint density at radius 2 is 1.84 bits per heavy atom. The third kappa shape index (κ3) is 4.64. The molecule has 1 aromatic carbocycles. The number of hydrogen-bond donors (Lipinski definition) is 3. The zero-order chi connectivity index (χ0) is 22.1. The van der Waals surface area contributed by atoms with E-state index in [0.29, 0.717) is 12.1 Å². The molecule has 0 saturated heterocycles. The van der Waals surface area contributed by atoms with Crippen LogP contribution in [0.5, 0.6) is 0 Å². The molecular formula is C25H33BrN6. The Kier molecular flexibility index (Phi) is 6.37. The van der Waals surface area contributed by atoms with Gasteiger partial charge in [-0.05, 0) is 75.1 Å². The van der Waals surface area contributed by atoms with Crippen molar-refractivity contribution in [1.82, 2.24) is 20.3 Å². The molecule has 0 bridgehead atoms. The van der Waals surface area contributed by atoms with E-state index in [1.165, 1.54) is 53.4 Å². The first-order valence-electron chi connectivity index (χ1n) is 11.9. The van der Waals surface area contributed by atoms with E-state index in [2.05, 4.69) is 74.9 Å². The average Bonchev–Trinajstić information content (AvgIpc) is 3.20. The van der Waals surface area contributed by atoms with Crippen LogP contribution in [0.15, 0.2) is 28.9 Å². The van der Waals surface area contributed by atoms with Gasteiger partial charge in [0.15, 0.2) is 0 Å². The maximum Gasteiger partial charge on any atom is 0.225 e. The lowest BCUT2D eigenvalue weighted by molar-refractivity contribution is 0.352. The predicted molar refractivity (Wildman–Crippen MR) is 136 cm³/mol. The number of aromatic amines is 1. The first-order valence-corrected chi connectivity index (χ1v) is 12.7. The van der Waals surface area contributed by atoms with Crippen molar-refractivity contribution in [3.63, 3.8) is 0 Å². The quantitative estimate of drug-likeness (QED) is 0.438. The molecule has 7 heteroatoms. The van der Waals surface area contributed by atoms with Gasteiger partial charge in [-0.15, -0.1) is 0 Å². The molecule has 32 heavy (non-hydrogen) atoms. The molecule has 5 rings (SSSR count). The topological polar surface area (TPSA) is 68.9 Å². The SMILES string of the molecule is CN(C)c1nc(NC2CCC(NCc3c[nH]c4ccc(Br)cc34)CC2)nc2c1CCCC2. The van der Waals surface area contributed by atoms with Crippen LogP contribution in [-0.2, 0) is 19.4 Å². The highest BCUT2D eigenvalue weighted by Crippen LogP contribution is 2.30. The minimum Gasteiger partial charge on any atom is -0.362 e. The van der Waals surface area contributed by atoms with Gasteiger partial charge in [0.25, 0.3) is 0 Å². The number of anilines is 2. The van der Waals surface area contributed by atoms with E-state index < -0.39 is 0 Å². The molecule has 170 valence electrons. The van der Waals surface area contributed by atoms with Gasteiger partial charge in [0.1, 0.15) is 5.82 Å². The number of aryl methyl sites for hydroxylation is 1. The molecule has 0 unspecified atom stereocenters. The van der Waals surface area contributed by atoms with Crippen LogP contribution in [0.1, 0.15) is 55.3 Å². The minimum atomic E-state index is 0.453. The molecule has 1 fully saturated rings. The monoisotopic (exact) mass is 496 g/mol. The number of aromatic nitrogens is 3. The van der Waals surface area contributed by atoms with Crippen molar-refractivity contribution in [3.05, 3.63) is 45.7 Å². The second-order valence-corrected chi connectivity index (χ2v) is 10.4. The van der Waals surface area contributed by atoms with Crippen LogP contribution >= 0.6 is 15.9 Å². The number of benzene rings is 1. The maximum atomic E-state index is 4.90. The fraction of sp³-hybridized carbons (Fsp3) is 0.520. The lowest BCUT2D eigenvalue weighted by Gasteiger charge is -2.30. The Morgan fingerprint density at radius 3 is 2.66 bits per heavy atom. The van der Waals surface area contributed by atoms with E-state index >= 15 is 0 Å². The number of hydrogen-bond acceptors (Lipinski definition) is 5. The molecule has 3 N–H and O–H groups in total. The minimum absolute atomic E-state index is 0.453. The first-order chi connectivity index (χ1) is 15.6. The van der Waals surface area contributed by atoms with Crippen molar-refractivity contribution in [2.45, 2.75) is 70.0 Å². The van der Waals surface area contributed by atoms with E-state index in [0.717, 1.165) is 48.5 Å². The number of halogens is 1. The molecule has 0 amide bonds. The van der Waals surface area contributed by atoms with Crippen LogP contribution in [0.3, 0.4) is 0 Å². The summed E-state index contributed by atoms with van der Waals surface area (Å²) in [5.41, 5.74) is 5.13. The number of rotatable bonds is 6. The van der Waals surface area contributed by atoms with Gasteiger partial charge in [-0.3, -0.25) is 0 Å². The largest absolute Gasteiger partial charge is 0.362 e. The van der Waals surface area contributed by atoms with Crippen LogP contribution in [-0.4, -0.2) is 41.1 Å². The second kappa shape index (κ2) is 9.40. The highest BCUT2D eigenvalue weighted by molar-refractivity contribution is 9.10. The van der Waals surface area contributed by atoms with Gasteiger partial charge in [-0.1, -0.05) is 15.9 Å². The fourth-order valence-electron chi connectivity index (χ4n) is 5.18. The van der Waals surface area contributed by atoms with Gasteiger partial charge in [-0.2, -0.15) is 4.98 Å². The van der Waals surface area contributed by atoms with Crippen LogP contribution < -0.4 is 15.5 Å². The molecule has 0 spiro atoms. The molecule has 0 aliphatic heterocycles. The number of nitrogens with one attached hydrogen (secondary N) is 3. The molecule has 2 aliphatic carbocycles. The van der Waals surface area contributed by atoms with E-state index in [1.807, 2.05) is 0 Å². The lowest BCUT2D eigenvalue weighted by atomic mass is 9.91. The Balaban J connectivity index is 1.17. The van der Waals surface area contributed by atoms with Crippen LogP contribution in [0.4, 0.5) is 11.8 Å². The lowest BCUT2D eigenvalue weighted by Crippen LogP contribution is -2.37. The molecule has 3 aromatic rings. The van der Waals surface area contributed by atoms with E-state index in [9.17, 15) is 0 Å². The Bertz CT molecular complexity index is 1080. The van der Waals surface area contributed by atoms with Gasteiger partial charge < -0.3 is 20.5 Å². The van der Waals surface area contributed by atoms with Crippen molar-refractivity contribution in [2.75, 3.05) is 24.3 Å². The molecule has 0 radical (unpaired) electrons. The molecule has 0 atom stereocenters. The normalized spacial score (nSPS) is 20.8. The molecule has 2 heterocycles. The van der Waals surface area contributed by atoms with Crippen LogP contribution in [0, 0.1) is 0 Å². The highest BCUT2D eigenvalue weighted by Gasteiger charge is 2.24. The predicted octanol–water partition coefficient (Wildman–Crippen LogP) is 5.18. The second-order valence-electron chi connectivity index (χ2n) is 9.48. The number of H-pyrrole nitrogens is 1. The molecule has 6 nitrogen and oxygen atoms in total. The zero-order valence-corrected chi connectivity index (χ0v) is 20.6. The van der Waals surface area contributed by atoms with Gasteiger partial charge >= 0.3 is 0 Å². The molecule has 2 aromatic heterocycles. The number of fused-ring (bicyclic) bond motifs is 2. The van der Waals surface area contributed by atoms with E-state index in [4.69, 9.17) is 9.97 Å². The first kappa shape index (κ1) is 21.7. The van der Waals surface area contributed by atoms with E-state index in [1.54, 1.807) is 0 Å². The average molecular weight is 497 g/mol. The molecular weight excluding hydrogens is 464 g/mol. The van der Waals surface area contributed by atoms with Gasteiger partial charge in [0.2, 0.25) is 5.95 Å². The summed E-state index contributed by atoms with van der Waals surface area (Å²) in [6.45, 7) is 0.902. The van der Waals surface area contributed by atoms with E-state index in [-0.39, 0.29) is 0 Å². The summed E-state index contributed by atoms with van der Waals surface area (Å²) in [6.07, 6.45) is 11.4. The van der Waals surface area contributed by atoms with Crippen molar-refractivity contribution in [1.29, 1.82) is 0 Å². The number of nitrogens with zero attached hydrogens (tertiary/aromatic N) is 3. The third-order valence-corrected chi connectivity index (χ3v) is 7.45. The summed E-state index contributed by atoms with van der Waals surface area (Å²) in [6, 6.07) is 7.42. The summed E-state index contributed by atoms with van der Waals surface area (Å²) in [5.74, 6) is 1.91. The van der Waals surface area contributed by atoms with Crippen molar-refractivity contribution in [3.8, 4) is 0 Å². The van der Waals surface area contributed by atoms with Crippen molar-refractivity contribution < 1.29 is 0 Å². The Morgan fingerprint density at radius 1 is 1.06 bits per heavy atom. The summed E-state index contributed by atoms with van der Waals surface area (Å²) in [7, 11) is 4.18. The fourth-order valence-corrected chi connectivity index (χ4v) is 5.55. The van der Waals surface area contributed by atoms with Crippen LogP contribution in [0.25, 0.3) is 10.9 Å². The third-order valence-electron chi connectivity index (χ3n) is 6.96. The summed E-state index contributed by atoms with van der Waals surface area (Å²) in [4.78, 5) is 15.3. The highest BCUT2D eigenvalue weighted by atomic mass is 79.9. The summed E-state index contributed by atoms with van der Waals surface area (Å²) < 4.78 is 1.12. The van der Waals surface area contributed by atoms with Gasteiger partial charge in [-0.25, -0.2) is 4.98 Å². The summed E-state index contributed by atoms with van der Waals surface area (Å²) in [5, 5.41) is 8.74. The molecule has 1 saturated carbocycles. The maximum absolute atomic E-state index is 4.90. The Hall–Kier alpha value is -2.12. The standard InChI is InChI=1S/C25H33BrN6/c1-32(2)24-20-5-3-4-6-23(20)30-25(31-24)29-19-10-8-18(9-11-19)27-14-16-15-28-22-12-7-17(26)13-21(16)22/h7,12-13,15,18-19,27-28H,3-6,8-11,14H2,1-2H3,(H,29,30,31). The smallest absolute Gasteiger partial charge is 0.225 e.